The summed E-state index contributed by atoms with van der Waals surface area (Å²) >= 11 is 0. The molecule has 1 amide bonds. The molecule has 1 N–H and O–H groups in total. The predicted molar refractivity (Wildman–Crippen MR) is 133 cm³/mol. The van der Waals surface area contributed by atoms with E-state index in [4.69, 9.17) is 0 Å². The third kappa shape index (κ3) is 4.21. The van der Waals surface area contributed by atoms with Gasteiger partial charge in [-0.2, -0.15) is 0 Å². The molecular formula is C27H28N4O3. The minimum absolute atomic E-state index is 0.0154. The largest absolute Gasteiger partial charge is 0.368 e. The van der Waals surface area contributed by atoms with Gasteiger partial charge in [0.1, 0.15) is 0 Å². The van der Waals surface area contributed by atoms with Gasteiger partial charge in [-0.15, -0.1) is 0 Å². The van der Waals surface area contributed by atoms with Crippen LogP contribution >= 0.6 is 0 Å². The zero-order chi connectivity index (χ0) is 23.7. The lowest BCUT2D eigenvalue weighted by atomic mass is 9.82. The van der Waals surface area contributed by atoms with Crippen LogP contribution in [-0.2, 0) is 11.2 Å². The number of piperazine rings is 1. The number of nitrogens with zero attached hydrogens (tertiary/aromatic N) is 3. The van der Waals surface area contributed by atoms with Crippen LogP contribution in [0.3, 0.4) is 0 Å². The number of non-ortho nitro benzene ring substituents is 1. The molecule has 34 heavy (non-hydrogen) atoms. The summed E-state index contributed by atoms with van der Waals surface area (Å²) < 4.78 is 0. The molecule has 7 nitrogen and oxygen atoms in total. The van der Waals surface area contributed by atoms with Crippen molar-refractivity contribution in [3.63, 3.8) is 0 Å². The van der Waals surface area contributed by atoms with Crippen molar-refractivity contribution < 1.29 is 9.72 Å². The van der Waals surface area contributed by atoms with E-state index in [1.54, 1.807) is 12.1 Å². The number of anilines is 2. The van der Waals surface area contributed by atoms with Crippen molar-refractivity contribution in [2.24, 2.45) is 5.92 Å². The minimum Gasteiger partial charge on any atom is -0.368 e. The molecule has 174 valence electrons. The zero-order valence-corrected chi connectivity index (χ0v) is 19.1. The van der Waals surface area contributed by atoms with Crippen molar-refractivity contribution >= 4 is 23.0 Å². The molecule has 0 aromatic heterocycles. The highest BCUT2D eigenvalue weighted by Gasteiger charge is 2.42. The van der Waals surface area contributed by atoms with Crippen molar-refractivity contribution in [1.82, 2.24) is 5.32 Å². The van der Waals surface area contributed by atoms with Gasteiger partial charge in [0.2, 0.25) is 5.91 Å². The number of carbonyl (C=O) groups is 1. The van der Waals surface area contributed by atoms with Crippen LogP contribution in [-0.4, -0.2) is 36.5 Å². The standard InChI is InChI=1S/C27H28N4O3/c1-19(20-8-4-2-5-9-20)28-27(32)24-17-21-16-23(31(33)34)12-13-25(21)30-15-14-29(18-26(24)30)22-10-6-3-7-11-22/h2-13,16,19,24,26H,14-15,17-18H2,1H3,(H,28,32). The van der Waals surface area contributed by atoms with Crippen LogP contribution in [0.25, 0.3) is 0 Å². The first-order valence-electron chi connectivity index (χ1n) is 11.7. The summed E-state index contributed by atoms with van der Waals surface area (Å²) in [6.45, 7) is 4.29. The van der Waals surface area contributed by atoms with Gasteiger partial charge in [0.05, 0.1) is 22.9 Å². The lowest BCUT2D eigenvalue weighted by Gasteiger charge is -2.49. The lowest BCUT2D eigenvalue weighted by Crippen LogP contribution is -2.61. The van der Waals surface area contributed by atoms with Gasteiger partial charge in [-0.1, -0.05) is 48.5 Å². The second kappa shape index (κ2) is 9.17. The number of para-hydroxylation sites is 1. The molecule has 7 heteroatoms. The van der Waals surface area contributed by atoms with Gasteiger partial charge in [-0.25, -0.2) is 0 Å². The van der Waals surface area contributed by atoms with Gasteiger partial charge >= 0.3 is 0 Å². The van der Waals surface area contributed by atoms with Crippen molar-refractivity contribution in [1.29, 1.82) is 0 Å². The smallest absolute Gasteiger partial charge is 0.269 e. The SMILES string of the molecule is CC(NC(=O)C1Cc2cc([N+](=O)[O-])ccc2N2CCN(c3ccccc3)CC12)c1ccccc1. The van der Waals surface area contributed by atoms with E-state index in [2.05, 4.69) is 27.2 Å². The topological polar surface area (TPSA) is 78.7 Å². The number of fused-ring (bicyclic) bond motifs is 3. The van der Waals surface area contributed by atoms with E-state index in [1.807, 2.05) is 61.5 Å². The van der Waals surface area contributed by atoms with Crippen molar-refractivity contribution in [3.05, 3.63) is 100 Å². The predicted octanol–water partition coefficient (Wildman–Crippen LogP) is 4.34. The molecule has 1 fully saturated rings. The quantitative estimate of drug-likeness (QED) is 0.456. The van der Waals surface area contributed by atoms with Gasteiger partial charge in [0.25, 0.3) is 5.69 Å². The first-order chi connectivity index (χ1) is 16.5. The summed E-state index contributed by atoms with van der Waals surface area (Å²) in [6, 6.07) is 25.1. The van der Waals surface area contributed by atoms with Gasteiger partial charge in [-0.05, 0) is 42.7 Å². The van der Waals surface area contributed by atoms with E-state index in [0.29, 0.717) is 6.42 Å². The third-order valence-electron chi connectivity index (χ3n) is 7.02. The third-order valence-corrected chi connectivity index (χ3v) is 7.02. The van der Waals surface area contributed by atoms with Crippen LogP contribution < -0.4 is 15.1 Å². The molecule has 1 saturated heterocycles. The summed E-state index contributed by atoms with van der Waals surface area (Å²) in [7, 11) is 0. The fourth-order valence-electron chi connectivity index (χ4n) is 5.24. The van der Waals surface area contributed by atoms with Crippen LogP contribution in [0.2, 0.25) is 0 Å². The second-order valence-corrected chi connectivity index (χ2v) is 9.06. The molecule has 3 unspecified atom stereocenters. The Labute approximate surface area is 199 Å². The number of amides is 1. The van der Waals surface area contributed by atoms with E-state index in [-0.39, 0.29) is 34.5 Å². The highest BCUT2D eigenvalue weighted by atomic mass is 16.6. The fraction of sp³-hybridized carbons (Fsp3) is 0.296. The maximum atomic E-state index is 13.6. The Kier molecular flexibility index (Phi) is 5.92. The number of carbonyl (C=O) groups excluding carboxylic acids is 1. The molecule has 3 aromatic carbocycles. The van der Waals surface area contributed by atoms with E-state index < -0.39 is 0 Å². The number of nitro benzene ring substituents is 1. The maximum absolute atomic E-state index is 13.6. The Morgan fingerprint density at radius 3 is 2.44 bits per heavy atom. The Balaban J connectivity index is 1.46. The summed E-state index contributed by atoms with van der Waals surface area (Å²) in [6.07, 6.45) is 0.480. The van der Waals surface area contributed by atoms with E-state index >= 15 is 0 Å². The Morgan fingerprint density at radius 2 is 1.74 bits per heavy atom. The van der Waals surface area contributed by atoms with Crippen molar-refractivity contribution in [3.8, 4) is 0 Å². The molecule has 2 aliphatic rings. The van der Waals surface area contributed by atoms with Gasteiger partial charge < -0.3 is 15.1 Å². The van der Waals surface area contributed by atoms with Gasteiger partial charge in [0, 0.05) is 43.1 Å². The molecule has 3 aromatic rings. The highest BCUT2D eigenvalue weighted by molar-refractivity contribution is 5.83. The number of nitrogens with one attached hydrogen (secondary N) is 1. The molecule has 0 bridgehead atoms. The monoisotopic (exact) mass is 456 g/mol. The summed E-state index contributed by atoms with van der Waals surface area (Å²) in [5, 5.41) is 14.6. The highest BCUT2D eigenvalue weighted by Crippen LogP contribution is 2.38. The van der Waals surface area contributed by atoms with Crippen LogP contribution in [0.4, 0.5) is 17.1 Å². The second-order valence-electron chi connectivity index (χ2n) is 9.06. The van der Waals surface area contributed by atoms with Crippen LogP contribution in [0.1, 0.15) is 24.1 Å². The molecule has 0 spiro atoms. The normalized spacial score (nSPS) is 20.1. The summed E-state index contributed by atoms with van der Waals surface area (Å²) in [5.41, 5.74) is 4.13. The number of rotatable bonds is 5. The summed E-state index contributed by atoms with van der Waals surface area (Å²) in [5.74, 6) is -0.328. The van der Waals surface area contributed by atoms with Gasteiger partial charge in [-0.3, -0.25) is 14.9 Å². The fourth-order valence-corrected chi connectivity index (χ4v) is 5.24. The average Bonchev–Trinajstić information content (AvgIpc) is 2.88. The molecule has 2 aliphatic heterocycles. The Bertz CT molecular complexity index is 1180. The molecule has 0 aliphatic carbocycles. The number of hydrogen-bond donors (Lipinski definition) is 1. The van der Waals surface area contributed by atoms with E-state index in [1.165, 1.54) is 0 Å². The van der Waals surface area contributed by atoms with Gasteiger partial charge in [0.15, 0.2) is 0 Å². The van der Waals surface area contributed by atoms with Crippen LogP contribution in [0.15, 0.2) is 78.9 Å². The first-order valence-corrected chi connectivity index (χ1v) is 11.7. The zero-order valence-electron chi connectivity index (χ0n) is 19.1. The molecule has 0 saturated carbocycles. The molecular weight excluding hydrogens is 428 g/mol. The minimum atomic E-state index is -0.369. The van der Waals surface area contributed by atoms with Crippen LogP contribution in [0, 0.1) is 16.0 Å². The van der Waals surface area contributed by atoms with E-state index in [0.717, 1.165) is 42.1 Å². The Hall–Kier alpha value is -3.87. The molecule has 0 radical (unpaired) electrons. The molecule has 3 atom stereocenters. The number of nitro groups is 1. The van der Waals surface area contributed by atoms with Crippen molar-refractivity contribution in [2.45, 2.75) is 25.4 Å². The average molecular weight is 457 g/mol. The van der Waals surface area contributed by atoms with Crippen LogP contribution in [0.5, 0.6) is 0 Å². The number of hydrogen-bond acceptors (Lipinski definition) is 5. The maximum Gasteiger partial charge on any atom is 0.269 e. The van der Waals surface area contributed by atoms with Crippen molar-refractivity contribution in [2.75, 3.05) is 29.4 Å². The Morgan fingerprint density at radius 1 is 1.03 bits per heavy atom. The lowest BCUT2D eigenvalue weighted by molar-refractivity contribution is -0.384. The van der Waals surface area contributed by atoms with E-state index in [9.17, 15) is 14.9 Å². The molecule has 2 heterocycles. The summed E-state index contributed by atoms with van der Waals surface area (Å²) in [4.78, 5) is 29.3. The molecule has 5 rings (SSSR count). The first kappa shape index (κ1) is 21.9. The number of benzene rings is 3.